The normalized spacial score (nSPS) is 11.3. The second kappa shape index (κ2) is 7.08. The average molecular weight is 317 g/mol. The average Bonchev–Trinajstić information content (AvgIpc) is 2.46. The summed E-state index contributed by atoms with van der Waals surface area (Å²) < 4.78 is 14.2. The Hall–Kier alpha value is -1.63. The number of rotatable bonds is 5. The molecule has 0 spiro atoms. The minimum absolute atomic E-state index is 0.203. The van der Waals surface area contributed by atoms with Crippen molar-refractivity contribution in [2.45, 2.75) is 5.32 Å². The third kappa shape index (κ3) is 4.51. The van der Waals surface area contributed by atoms with Crippen molar-refractivity contribution < 1.29 is 4.39 Å². The second-order valence-corrected chi connectivity index (χ2v) is 6.28. The van der Waals surface area contributed by atoms with Crippen LogP contribution in [0.1, 0.15) is 5.56 Å². The fraction of sp³-hybridized carbons (Fsp3) is 0.0588. The molecule has 0 atom stereocenters. The van der Waals surface area contributed by atoms with Gasteiger partial charge in [-0.25, -0.2) is 0 Å². The number of hydrogen-bond acceptors (Lipinski definition) is 0. The monoisotopic (exact) mass is 318 g/mol. The van der Waals surface area contributed by atoms with E-state index in [1.807, 2.05) is 12.1 Å². The van der Waals surface area contributed by atoms with Crippen molar-refractivity contribution in [2.24, 2.45) is 0 Å². The predicted octanol–water partition coefficient (Wildman–Crippen LogP) is 3.84. The van der Waals surface area contributed by atoms with Gasteiger partial charge in [0.2, 0.25) is 0 Å². The van der Waals surface area contributed by atoms with Gasteiger partial charge in [0.05, 0.1) is 0 Å². The molecule has 0 amide bonds. The van der Waals surface area contributed by atoms with Crippen LogP contribution in [-0.2, 0) is 0 Å². The summed E-state index contributed by atoms with van der Waals surface area (Å²) in [5, 5.41) is 0.998. The van der Waals surface area contributed by atoms with Crippen molar-refractivity contribution in [1.29, 1.82) is 0 Å². The molecule has 0 bridgehead atoms. The van der Waals surface area contributed by atoms with Crippen LogP contribution in [0.25, 0.3) is 6.08 Å². The van der Waals surface area contributed by atoms with Gasteiger partial charge in [0, 0.05) is 0 Å². The van der Waals surface area contributed by atoms with Gasteiger partial charge in [0.1, 0.15) is 0 Å². The summed E-state index contributed by atoms with van der Waals surface area (Å²) in [6, 6.07) is 17.0. The van der Waals surface area contributed by atoms with E-state index in [4.69, 9.17) is 0 Å². The van der Waals surface area contributed by atoms with E-state index < -0.39 is 0 Å². The molecule has 0 saturated carbocycles. The van der Waals surface area contributed by atoms with E-state index in [1.54, 1.807) is 12.1 Å². The molecule has 2 aromatic carbocycles. The van der Waals surface area contributed by atoms with Gasteiger partial charge in [-0.15, -0.1) is 0 Å². The maximum absolute atomic E-state index is 12.8. The minimum atomic E-state index is -0.203. The summed E-state index contributed by atoms with van der Waals surface area (Å²) in [4.78, 5) is 0. The Bertz CT molecular complexity index is 556. The third-order valence-electron chi connectivity index (χ3n) is 2.63. The molecule has 0 fully saturated rings. The van der Waals surface area contributed by atoms with Gasteiger partial charge in [-0.05, 0) is 0 Å². The summed E-state index contributed by atoms with van der Waals surface area (Å²) in [7, 11) is 0. The van der Waals surface area contributed by atoms with Crippen LogP contribution in [0.3, 0.4) is 0 Å². The van der Waals surface area contributed by atoms with Crippen LogP contribution < -0.4 is 4.46 Å². The van der Waals surface area contributed by atoms with Crippen LogP contribution in [-0.4, -0.2) is 15.0 Å². The molecule has 0 heterocycles. The molecular weight excluding hydrogens is 302 g/mol. The summed E-state index contributed by atoms with van der Waals surface area (Å²) in [6.07, 6.45) is 3.95. The Balaban J connectivity index is 2.04. The van der Waals surface area contributed by atoms with Gasteiger partial charge >= 0.3 is 119 Å². The van der Waals surface area contributed by atoms with E-state index in [2.05, 4.69) is 36.9 Å². The Morgan fingerprint density at radius 3 is 2.37 bits per heavy atom. The molecule has 2 aromatic rings. The molecule has 2 heteroatoms. The van der Waals surface area contributed by atoms with E-state index in [0.29, 0.717) is 15.0 Å². The molecule has 2 rings (SSSR count). The summed E-state index contributed by atoms with van der Waals surface area (Å²) in [5.74, 6) is -0.203. The fourth-order valence-electron chi connectivity index (χ4n) is 1.62. The van der Waals surface area contributed by atoms with E-state index in [0.717, 1.165) is 10.9 Å². The van der Waals surface area contributed by atoms with Crippen molar-refractivity contribution in [1.82, 2.24) is 0 Å². The SMILES string of the molecule is C=C/C(=C\c1ccc(F)cc1)C[Se]c1ccccc1. The van der Waals surface area contributed by atoms with Gasteiger partial charge in [0.25, 0.3) is 0 Å². The Kier molecular flexibility index (Phi) is 5.14. The van der Waals surface area contributed by atoms with Crippen molar-refractivity contribution >= 4 is 25.5 Å². The molecule has 0 saturated heterocycles. The molecule has 0 N–H and O–H groups in total. The van der Waals surface area contributed by atoms with Gasteiger partial charge < -0.3 is 0 Å². The van der Waals surface area contributed by atoms with Crippen molar-refractivity contribution in [3.8, 4) is 0 Å². The van der Waals surface area contributed by atoms with Gasteiger partial charge in [-0.1, -0.05) is 0 Å². The number of benzene rings is 2. The first-order valence-corrected chi connectivity index (χ1v) is 8.11. The second-order valence-electron chi connectivity index (χ2n) is 4.08. The van der Waals surface area contributed by atoms with Crippen molar-refractivity contribution in [3.05, 3.63) is 84.2 Å². The maximum atomic E-state index is 12.8. The first kappa shape index (κ1) is 13.8. The zero-order chi connectivity index (χ0) is 13.5. The Morgan fingerprint density at radius 2 is 1.74 bits per heavy atom. The number of halogens is 1. The molecular formula is C17H15FSe. The van der Waals surface area contributed by atoms with Gasteiger partial charge in [0.15, 0.2) is 0 Å². The van der Waals surface area contributed by atoms with Crippen LogP contribution in [0, 0.1) is 5.82 Å². The first-order chi connectivity index (χ1) is 9.28. The topological polar surface area (TPSA) is 0 Å². The van der Waals surface area contributed by atoms with E-state index in [-0.39, 0.29) is 5.82 Å². The Morgan fingerprint density at radius 1 is 1.05 bits per heavy atom. The van der Waals surface area contributed by atoms with Crippen LogP contribution in [0.15, 0.2) is 72.8 Å². The molecule has 96 valence electrons. The molecule has 0 nitrogen and oxygen atoms in total. The van der Waals surface area contributed by atoms with E-state index >= 15 is 0 Å². The molecule has 0 aliphatic carbocycles. The molecule has 0 radical (unpaired) electrons. The summed E-state index contributed by atoms with van der Waals surface area (Å²) >= 11 is 0.404. The number of allylic oxidation sites excluding steroid dienone is 2. The fourth-order valence-corrected chi connectivity index (χ4v) is 3.47. The third-order valence-corrected chi connectivity index (χ3v) is 4.91. The standard InChI is InChI=1S/C17H15FSe/c1-2-14(12-15-8-10-16(18)11-9-15)13-19-17-6-4-3-5-7-17/h2-12H,1,13H2/b14-12+. The van der Waals surface area contributed by atoms with E-state index in [1.165, 1.54) is 22.2 Å². The molecule has 0 aliphatic heterocycles. The van der Waals surface area contributed by atoms with Gasteiger partial charge in [-0.3, -0.25) is 0 Å². The molecule has 19 heavy (non-hydrogen) atoms. The number of hydrogen-bond donors (Lipinski definition) is 0. The Labute approximate surface area is 119 Å². The zero-order valence-electron chi connectivity index (χ0n) is 10.6. The van der Waals surface area contributed by atoms with Crippen LogP contribution in [0.4, 0.5) is 4.39 Å². The molecule has 0 aromatic heterocycles. The molecule has 0 aliphatic rings. The van der Waals surface area contributed by atoms with Crippen LogP contribution in [0.5, 0.6) is 0 Å². The zero-order valence-corrected chi connectivity index (χ0v) is 12.3. The first-order valence-electron chi connectivity index (χ1n) is 6.04. The summed E-state index contributed by atoms with van der Waals surface area (Å²) in [6.45, 7) is 3.85. The predicted molar refractivity (Wildman–Crippen MR) is 81.2 cm³/mol. The van der Waals surface area contributed by atoms with Crippen LogP contribution >= 0.6 is 0 Å². The summed E-state index contributed by atoms with van der Waals surface area (Å²) in [5.41, 5.74) is 2.20. The van der Waals surface area contributed by atoms with Crippen LogP contribution in [0.2, 0.25) is 5.32 Å². The quantitative estimate of drug-likeness (QED) is 0.580. The van der Waals surface area contributed by atoms with Crippen molar-refractivity contribution in [3.63, 3.8) is 0 Å². The molecule has 0 unspecified atom stereocenters. The van der Waals surface area contributed by atoms with Gasteiger partial charge in [-0.2, -0.15) is 0 Å². The van der Waals surface area contributed by atoms with E-state index in [9.17, 15) is 4.39 Å². The van der Waals surface area contributed by atoms with Crippen molar-refractivity contribution in [2.75, 3.05) is 0 Å².